The van der Waals surface area contributed by atoms with E-state index in [2.05, 4.69) is 11.1 Å². The lowest BCUT2D eigenvalue weighted by Crippen LogP contribution is -2.49. The summed E-state index contributed by atoms with van der Waals surface area (Å²) in [7, 11) is 1.59. The molecule has 1 fully saturated rings. The Hall–Kier alpha value is -3.66. The van der Waals surface area contributed by atoms with Crippen molar-refractivity contribution in [3.05, 3.63) is 65.5 Å². The zero-order valence-electron chi connectivity index (χ0n) is 15.9. The van der Waals surface area contributed by atoms with Gasteiger partial charge in [0.1, 0.15) is 23.5 Å². The number of anilines is 1. The number of pyridine rings is 1. The molecule has 3 aromatic rings. The second-order valence-corrected chi connectivity index (χ2v) is 6.79. The van der Waals surface area contributed by atoms with Crippen molar-refractivity contribution in [3.63, 3.8) is 0 Å². The van der Waals surface area contributed by atoms with Gasteiger partial charge in [-0.25, -0.2) is 9.37 Å². The summed E-state index contributed by atoms with van der Waals surface area (Å²) in [5.41, 5.74) is 1.30. The number of aromatic nitrogens is 1. The first-order valence-corrected chi connectivity index (χ1v) is 9.28. The number of nitrogens with zero attached hydrogens (tertiary/aromatic N) is 4. The van der Waals surface area contributed by atoms with Gasteiger partial charge < -0.3 is 14.5 Å². The molecule has 7 heteroatoms. The number of rotatable bonds is 3. The number of carbonyl (C=O) groups excluding carboxylic acids is 1. The molecule has 0 radical (unpaired) electrons. The number of ether oxygens (including phenoxy) is 1. The Morgan fingerprint density at radius 3 is 2.59 bits per heavy atom. The molecule has 0 unspecified atom stereocenters. The predicted octanol–water partition coefficient (Wildman–Crippen LogP) is 3.22. The molecule has 0 aliphatic carbocycles. The Bertz CT molecular complexity index is 1120. The molecule has 6 nitrogen and oxygen atoms in total. The minimum atomic E-state index is -0.517. The Kier molecular flexibility index (Phi) is 5.00. The fraction of sp³-hybridized carbons (Fsp3) is 0.227. The number of fused-ring (bicyclic) bond motifs is 1. The second kappa shape index (κ2) is 7.76. The lowest BCUT2D eigenvalue weighted by molar-refractivity contribution is 0.0742. The molecule has 0 bridgehead atoms. The van der Waals surface area contributed by atoms with Gasteiger partial charge in [0, 0.05) is 37.6 Å². The van der Waals surface area contributed by atoms with Crippen LogP contribution in [0.4, 0.5) is 10.2 Å². The molecule has 29 heavy (non-hydrogen) atoms. The Morgan fingerprint density at radius 2 is 1.90 bits per heavy atom. The number of nitriles is 1. The SMILES string of the molecule is COc1ccc2cc(C#N)c(N3CCN(C(=O)c4ccccc4F)CC3)nc2c1. The average Bonchev–Trinajstić information content (AvgIpc) is 2.77. The molecule has 146 valence electrons. The Labute approximate surface area is 167 Å². The van der Waals surface area contributed by atoms with Crippen LogP contribution in [0.1, 0.15) is 15.9 Å². The monoisotopic (exact) mass is 390 g/mol. The normalized spacial score (nSPS) is 14.0. The van der Waals surface area contributed by atoms with Gasteiger partial charge in [0.05, 0.1) is 23.8 Å². The first-order valence-electron chi connectivity index (χ1n) is 9.28. The summed E-state index contributed by atoms with van der Waals surface area (Å²) in [6, 6.07) is 15.6. The minimum Gasteiger partial charge on any atom is -0.497 e. The number of halogens is 1. The largest absolute Gasteiger partial charge is 0.497 e. The molecule has 0 atom stereocenters. The molecule has 1 saturated heterocycles. The predicted molar refractivity (Wildman–Crippen MR) is 108 cm³/mol. The van der Waals surface area contributed by atoms with E-state index >= 15 is 0 Å². The van der Waals surface area contributed by atoms with E-state index in [1.165, 1.54) is 12.1 Å². The molecule has 0 N–H and O–H groups in total. The van der Waals surface area contributed by atoms with Crippen LogP contribution in [0.5, 0.6) is 5.75 Å². The zero-order chi connectivity index (χ0) is 20.4. The fourth-order valence-corrected chi connectivity index (χ4v) is 3.51. The van der Waals surface area contributed by atoms with Gasteiger partial charge >= 0.3 is 0 Å². The van der Waals surface area contributed by atoms with Crippen molar-refractivity contribution in [2.75, 3.05) is 38.2 Å². The highest BCUT2D eigenvalue weighted by Crippen LogP contribution is 2.27. The summed E-state index contributed by atoms with van der Waals surface area (Å²) in [6.45, 7) is 1.88. The number of amides is 1. The van der Waals surface area contributed by atoms with E-state index in [0.29, 0.717) is 43.3 Å². The van der Waals surface area contributed by atoms with Gasteiger partial charge in [0.15, 0.2) is 0 Å². The number of hydrogen-bond donors (Lipinski definition) is 0. The maximum absolute atomic E-state index is 13.9. The summed E-state index contributed by atoms with van der Waals surface area (Å²) >= 11 is 0. The third-order valence-electron chi connectivity index (χ3n) is 5.10. The van der Waals surface area contributed by atoms with Crippen molar-refractivity contribution in [2.24, 2.45) is 0 Å². The van der Waals surface area contributed by atoms with E-state index in [1.807, 2.05) is 29.2 Å². The number of methoxy groups -OCH3 is 1. The maximum atomic E-state index is 13.9. The second-order valence-electron chi connectivity index (χ2n) is 6.79. The van der Waals surface area contributed by atoms with Crippen LogP contribution in [-0.4, -0.2) is 49.1 Å². The summed E-state index contributed by atoms with van der Waals surface area (Å²) in [6.07, 6.45) is 0. The van der Waals surface area contributed by atoms with Crippen molar-refractivity contribution in [1.29, 1.82) is 5.26 Å². The quantitative estimate of drug-likeness (QED) is 0.687. The van der Waals surface area contributed by atoms with Crippen LogP contribution in [0.3, 0.4) is 0 Å². The lowest BCUT2D eigenvalue weighted by atomic mass is 10.1. The van der Waals surface area contributed by atoms with E-state index in [1.54, 1.807) is 24.1 Å². The molecular formula is C22H19FN4O2. The summed E-state index contributed by atoms with van der Waals surface area (Å²) in [5, 5.41) is 10.4. The third kappa shape index (κ3) is 3.57. The number of piperazine rings is 1. The van der Waals surface area contributed by atoms with Crippen LogP contribution in [0.25, 0.3) is 10.9 Å². The van der Waals surface area contributed by atoms with E-state index in [0.717, 1.165) is 10.9 Å². The van der Waals surface area contributed by atoms with E-state index in [-0.39, 0.29) is 11.5 Å². The van der Waals surface area contributed by atoms with Crippen LogP contribution < -0.4 is 9.64 Å². The third-order valence-corrected chi connectivity index (χ3v) is 5.10. The molecule has 4 rings (SSSR count). The average molecular weight is 390 g/mol. The molecule has 2 heterocycles. The standard InChI is InChI=1S/C22H19FN4O2/c1-29-17-7-6-15-12-16(14-24)21(25-20(15)13-17)26-8-10-27(11-9-26)22(28)18-4-2-3-5-19(18)23/h2-7,12-13H,8-11H2,1H3. The molecule has 1 aromatic heterocycles. The lowest BCUT2D eigenvalue weighted by Gasteiger charge is -2.36. The highest BCUT2D eigenvalue weighted by atomic mass is 19.1. The van der Waals surface area contributed by atoms with Crippen LogP contribution in [-0.2, 0) is 0 Å². The molecular weight excluding hydrogens is 371 g/mol. The highest BCUT2D eigenvalue weighted by Gasteiger charge is 2.26. The fourth-order valence-electron chi connectivity index (χ4n) is 3.51. The number of benzene rings is 2. The van der Waals surface area contributed by atoms with Crippen molar-refractivity contribution < 1.29 is 13.9 Å². The Balaban J connectivity index is 1.56. The summed E-state index contributed by atoms with van der Waals surface area (Å²) in [5.74, 6) is 0.448. The smallest absolute Gasteiger partial charge is 0.256 e. The van der Waals surface area contributed by atoms with Crippen LogP contribution in [0, 0.1) is 17.1 Å². The molecule has 0 spiro atoms. The molecule has 2 aromatic carbocycles. The molecule has 0 saturated carbocycles. The van der Waals surface area contributed by atoms with Gasteiger partial charge in [0.25, 0.3) is 5.91 Å². The highest BCUT2D eigenvalue weighted by molar-refractivity contribution is 5.94. The van der Waals surface area contributed by atoms with E-state index in [9.17, 15) is 14.4 Å². The molecule has 1 amide bonds. The van der Waals surface area contributed by atoms with Gasteiger partial charge in [-0.05, 0) is 30.3 Å². The van der Waals surface area contributed by atoms with Gasteiger partial charge in [-0.15, -0.1) is 0 Å². The molecule has 1 aliphatic rings. The van der Waals surface area contributed by atoms with E-state index in [4.69, 9.17) is 4.74 Å². The number of carbonyl (C=O) groups is 1. The van der Waals surface area contributed by atoms with Crippen molar-refractivity contribution in [3.8, 4) is 11.8 Å². The first kappa shape index (κ1) is 18.7. The van der Waals surface area contributed by atoms with Gasteiger partial charge in [0.2, 0.25) is 0 Å². The van der Waals surface area contributed by atoms with Crippen LogP contribution in [0.15, 0.2) is 48.5 Å². The van der Waals surface area contributed by atoms with Crippen molar-refractivity contribution in [1.82, 2.24) is 9.88 Å². The van der Waals surface area contributed by atoms with Crippen LogP contribution in [0.2, 0.25) is 0 Å². The number of hydrogen-bond acceptors (Lipinski definition) is 5. The summed E-state index contributed by atoms with van der Waals surface area (Å²) < 4.78 is 19.2. The zero-order valence-corrected chi connectivity index (χ0v) is 15.9. The van der Waals surface area contributed by atoms with Crippen molar-refractivity contribution in [2.45, 2.75) is 0 Å². The van der Waals surface area contributed by atoms with E-state index < -0.39 is 5.82 Å². The maximum Gasteiger partial charge on any atom is 0.256 e. The Morgan fingerprint density at radius 1 is 1.14 bits per heavy atom. The topological polar surface area (TPSA) is 69.5 Å². The molecule has 1 aliphatic heterocycles. The van der Waals surface area contributed by atoms with Crippen molar-refractivity contribution >= 4 is 22.6 Å². The van der Waals surface area contributed by atoms with Gasteiger partial charge in [-0.1, -0.05) is 12.1 Å². The van der Waals surface area contributed by atoms with Gasteiger partial charge in [-0.2, -0.15) is 5.26 Å². The first-order chi connectivity index (χ1) is 14.1. The van der Waals surface area contributed by atoms with Gasteiger partial charge in [-0.3, -0.25) is 4.79 Å². The minimum absolute atomic E-state index is 0.0783. The summed E-state index contributed by atoms with van der Waals surface area (Å²) in [4.78, 5) is 20.9. The van der Waals surface area contributed by atoms with Crippen LogP contribution >= 0.6 is 0 Å².